The third-order valence-corrected chi connectivity index (χ3v) is 6.10. The number of amides is 1. The number of nitrogens with zero attached hydrogens (tertiary/aromatic N) is 1. The number of alkyl halides is 15. The molecule has 0 saturated heterocycles. The molecule has 0 N–H and O–H groups in total. The maximum atomic E-state index is 15.0. The Balaban J connectivity index is 2.73. The van der Waals surface area contributed by atoms with E-state index in [1.165, 1.54) is 24.3 Å². The summed E-state index contributed by atoms with van der Waals surface area (Å²) in [5.74, 6) is -46.9. The summed E-state index contributed by atoms with van der Waals surface area (Å²) in [6, 6.07) is 10.2. The highest BCUT2D eigenvalue weighted by Gasteiger charge is 2.94. The molecule has 0 aliphatic rings. The van der Waals surface area contributed by atoms with Crippen molar-refractivity contribution in [2.45, 2.75) is 74.4 Å². The summed E-state index contributed by atoms with van der Waals surface area (Å²) in [4.78, 5) is 12.6. The van der Waals surface area contributed by atoms with E-state index in [0.717, 1.165) is 30.3 Å². The second-order valence-corrected chi connectivity index (χ2v) is 9.24. The Labute approximate surface area is 239 Å². The number of hydrogen-bond donors (Lipinski definition) is 0. The highest BCUT2D eigenvalue weighted by Crippen LogP contribution is 2.62. The van der Waals surface area contributed by atoms with Gasteiger partial charge in [-0.3, -0.25) is 4.79 Å². The molecule has 17 heteroatoms. The third-order valence-electron chi connectivity index (χ3n) is 6.10. The van der Waals surface area contributed by atoms with Gasteiger partial charge < -0.3 is 4.90 Å². The van der Waals surface area contributed by atoms with Gasteiger partial charge in [-0.2, -0.15) is 65.9 Å². The molecule has 1 amide bonds. The van der Waals surface area contributed by atoms with E-state index >= 15 is 8.78 Å². The summed E-state index contributed by atoms with van der Waals surface area (Å²) in [6.45, 7) is 0.612. The fourth-order valence-corrected chi connectivity index (χ4v) is 3.54. The highest BCUT2D eigenvalue weighted by molar-refractivity contribution is 6.00. The number of anilines is 1. The van der Waals surface area contributed by atoms with Crippen molar-refractivity contribution >= 4 is 11.6 Å². The van der Waals surface area contributed by atoms with E-state index in [4.69, 9.17) is 0 Å². The molecule has 0 aromatic heterocycles. The standard InChI is InChI=1S/C27H20F15NO/c1-2-3-4-8-13-18-14-9-10-15-19(18)43(16-17-11-6-5-7-12-17)20(44)21(28,29)22(30,31)23(32,33)24(34,35)25(36,37)26(38,39)27(40,41)42/h5-7,9-12,14-15H,2-4,16H2,1H3. The van der Waals surface area contributed by atoms with Crippen molar-refractivity contribution < 1.29 is 70.7 Å². The molecule has 0 saturated carbocycles. The van der Waals surface area contributed by atoms with Gasteiger partial charge in [0.1, 0.15) is 0 Å². The van der Waals surface area contributed by atoms with E-state index in [2.05, 4.69) is 11.8 Å². The molecule has 0 aliphatic carbocycles. The number of carbonyl (C=O) groups is 1. The van der Waals surface area contributed by atoms with Crippen molar-refractivity contribution in [2.75, 3.05) is 4.90 Å². The Hall–Kier alpha value is -3.58. The molecule has 0 bridgehead atoms. The van der Waals surface area contributed by atoms with E-state index in [1.807, 2.05) is 0 Å². The van der Waals surface area contributed by atoms with Crippen molar-refractivity contribution in [2.24, 2.45) is 0 Å². The summed E-state index contributed by atoms with van der Waals surface area (Å²) in [7, 11) is 0. The van der Waals surface area contributed by atoms with E-state index in [1.54, 1.807) is 6.92 Å². The topological polar surface area (TPSA) is 20.3 Å². The lowest BCUT2D eigenvalue weighted by atomic mass is 9.90. The summed E-state index contributed by atoms with van der Waals surface area (Å²) in [6.07, 6.45) is -6.36. The lowest BCUT2D eigenvalue weighted by molar-refractivity contribution is -0.449. The van der Waals surface area contributed by atoms with Gasteiger partial charge in [0, 0.05) is 12.0 Å². The van der Waals surface area contributed by atoms with Gasteiger partial charge in [0.05, 0.1) is 12.2 Å². The third kappa shape index (κ3) is 6.16. The molecule has 0 unspecified atom stereocenters. The van der Waals surface area contributed by atoms with Gasteiger partial charge in [-0.1, -0.05) is 67.6 Å². The molecular formula is C27H20F15NO. The Morgan fingerprint density at radius 2 is 1.14 bits per heavy atom. The van der Waals surface area contributed by atoms with Crippen molar-refractivity contribution in [3.63, 3.8) is 0 Å². The zero-order chi connectivity index (χ0) is 34.0. The van der Waals surface area contributed by atoms with Crippen LogP contribution in [0.25, 0.3) is 0 Å². The predicted octanol–water partition coefficient (Wildman–Crippen LogP) is 9.14. The Morgan fingerprint density at radius 3 is 1.66 bits per heavy atom. The fraction of sp³-hybridized carbons (Fsp3) is 0.444. The quantitative estimate of drug-likeness (QED) is 0.134. The second kappa shape index (κ2) is 12.4. The van der Waals surface area contributed by atoms with Gasteiger partial charge in [-0.15, -0.1) is 0 Å². The van der Waals surface area contributed by atoms with E-state index in [-0.39, 0.29) is 22.4 Å². The molecule has 0 atom stereocenters. The first-order chi connectivity index (χ1) is 19.9. The van der Waals surface area contributed by atoms with Crippen LogP contribution in [0.2, 0.25) is 0 Å². The molecule has 2 nitrogen and oxygen atoms in total. The molecule has 2 aromatic carbocycles. The summed E-state index contributed by atoms with van der Waals surface area (Å²) >= 11 is 0. The van der Waals surface area contributed by atoms with E-state index in [9.17, 15) is 61.9 Å². The summed E-state index contributed by atoms with van der Waals surface area (Å²) < 4.78 is 207. The number of rotatable bonds is 11. The van der Waals surface area contributed by atoms with E-state index < -0.39 is 59.9 Å². The van der Waals surface area contributed by atoms with Crippen LogP contribution in [-0.4, -0.2) is 47.6 Å². The SMILES string of the molecule is CCCCC#Cc1ccccc1N(Cc1ccccc1)C(=O)C(F)(F)C(F)(F)C(F)(F)C(F)(F)C(F)(F)C(F)(F)C(F)(F)F. The van der Waals surface area contributed by atoms with Gasteiger partial charge in [-0.05, 0) is 24.1 Å². The lowest BCUT2D eigenvalue weighted by Gasteiger charge is -2.41. The Kier molecular flexibility index (Phi) is 10.3. The van der Waals surface area contributed by atoms with Crippen LogP contribution in [0.3, 0.4) is 0 Å². The first kappa shape index (κ1) is 36.6. The van der Waals surface area contributed by atoms with Gasteiger partial charge in [-0.25, -0.2) is 0 Å². The van der Waals surface area contributed by atoms with Crippen LogP contribution in [0.1, 0.15) is 37.3 Å². The lowest BCUT2D eigenvalue weighted by Crippen LogP contribution is -2.74. The normalized spacial score (nSPS) is 13.7. The van der Waals surface area contributed by atoms with Crippen LogP contribution in [-0.2, 0) is 11.3 Å². The average Bonchev–Trinajstić information content (AvgIpc) is 2.93. The van der Waals surface area contributed by atoms with Crippen LogP contribution < -0.4 is 4.90 Å². The first-order valence-electron chi connectivity index (χ1n) is 12.2. The Morgan fingerprint density at radius 1 is 0.659 bits per heavy atom. The minimum absolute atomic E-state index is 0.151. The zero-order valence-electron chi connectivity index (χ0n) is 22.0. The van der Waals surface area contributed by atoms with Crippen molar-refractivity contribution in [3.8, 4) is 11.8 Å². The number of carbonyl (C=O) groups excluding carboxylic acids is 1. The predicted molar refractivity (Wildman–Crippen MR) is 126 cm³/mol. The van der Waals surface area contributed by atoms with Gasteiger partial charge >= 0.3 is 47.6 Å². The fourth-order valence-electron chi connectivity index (χ4n) is 3.54. The van der Waals surface area contributed by atoms with E-state index in [0.29, 0.717) is 12.8 Å². The molecule has 0 fully saturated rings. The molecule has 0 heterocycles. The average molecular weight is 659 g/mol. The first-order valence-corrected chi connectivity index (χ1v) is 12.2. The number of unbranched alkanes of at least 4 members (excludes halogenated alkanes) is 2. The largest absolute Gasteiger partial charge is 0.460 e. The molecule has 0 aliphatic heterocycles. The maximum absolute atomic E-state index is 15.0. The molecule has 0 radical (unpaired) electrons. The molecule has 244 valence electrons. The molecule has 44 heavy (non-hydrogen) atoms. The number of hydrogen-bond acceptors (Lipinski definition) is 1. The maximum Gasteiger partial charge on any atom is 0.460 e. The smallest absolute Gasteiger partial charge is 0.301 e. The second-order valence-electron chi connectivity index (χ2n) is 9.24. The van der Waals surface area contributed by atoms with Crippen LogP contribution >= 0.6 is 0 Å². The summed E-state index contributed by atoms with van der Waals surface area (Å²) in [5, 5.41) is 0. The molecule has 0 spiro atoms. The van der Waals surface area contributed by atoms with Crippen molar-refractivity contribution in [3.05, 3.63) is 65.7 Å². The number of para-hydroxylation sites is 1. The molecule has 2 aromatic rings. The monoisotopic (exact) mass is 659 g/mol. The van der Waals surface area contributed by atoms with Crippen molar-refractivity contribution in [1.29, 1.82) is 0 Å². The summed E-state index contributed by atoms with van der Waals surface area (Å²) in [5.41, 5.74) is -1.27. The number of halogens is 15. The highest BCUT2D eigenvalue weighted by atomic mass is 19.4. The number of benzene rings is 2. The van der Waals surface area contributed by atoms with Gasteiger partial charge in [0.2, 0.25) is 0 Å². The molecular weight excluding hydrogens is 639 g/mol. The van der Waals surface area contributed by atoms with Crippen LogP contribution in [0.15, 0.2) is 54.6 Å². The minimum atomic E-state index is -8.50. The van der Waals surface area contributed by atoms with Gasteiger partial charge in [0.15, 0.2) is 0 Å². The zero-order valence-corrected chi connectivity index (χ0v) is 22.0. The van der Waals surface area contributed by atoms with Crippen molar-refractivity contribution in [1.82, 2.24) is 0 Å². The van der Waals surface area contributed by atoms with Gasteiger partial charge in [0.25, 0.3) is 0 Å². The minimum Gasteiger partial charge on any atom is -0.301 e. The van der Waals surface area contributed by atoms with Crippen LogP contribution in [0, 0.1) is 11.8 Å². The van der Waals surface area contributed by atoms with Crippen LogP contribution in [0.4, 0.5) is 71.5 Å². The molecule has 2 rings (SSSR count). The Bertz CT molecular complexity index is 1360. The van der Waals surface area contributed by atoms with Crippen LogP contribution in [0.5, 0.6) is 0 Å².